The molecule has 13 aromatic carbocycles. The van der Waals surface area contributed by atoms with E-state index in [0.29, 0.717) is 78.3 Å². The number of nitrogens with zero attached hydrogens (tertiary/aromatic N) is 4. The Kier molecular flexibility index (Phi) is 7.53. The van der Waals surface area contributed by atoms with E-state index in [0.717, 1.165) is 9.13 Å². The summed E-state index contributed by atoms with van der Waals surface area (Å²) in [6.07, 6.45) is 0. The van der Waals surface area contributed by atoms with Crippen molar-refractivity contribution in [2.75, 3.05) is 9.80 Å². The van der Waals surface area contributed by atoms with Crippen molar-refractivity contribution >= 4 is 101 Å². The van der Waals surface area contributed by atoms with E-state index in [1.54, 1.807) is 0 Å². The molecule has 0 saturated carbocycles. The van der Waals surface area contributed by atoms with E-state index in [1.165, 1.54) is 0 Å². The third-order valence-electron chi connectivity index (χ3n) is 16.8. The van der Waals surface area contributed by atoms with Gasteiger partial charge in [-0.25, -0.2) is 0 Å². The molecule has 0 aliphatic carbocycles. The number of anilines is 6. The van der Waals surface area contributed by atoms with E-state index in [9.17, 15) is 24.7 Å². The third kappa shape index (κ3) is 7.93. The molecule has 2 aliphatic heterocycles. The number of aromatic nitrogens is 2. The Morgan fingerprint density at radius 1 is 0.333 bits per heavy atom. The van der Waals surface area contributed by atoms with Gasteiger partial charge in [-0.05, 0) is 110 Å². The highest BCUT2D eigenvalue weighted by molar-refractivity contribution is 7.00. The van der Waals surface area contributed by atoms with Crippen LogP contribution < -0.4 is 26.2 Å². The van der Waals surface area contributed by atoms with Crippen molar-refractivity contribution in [2.45, 2.75) is 26.2 Å². The Morgan fingerprint density at radius 2 is 0.644 bits per heavy atom. The zero-order valence-electron chi connectivity index (χ0n) is 69.0. The van der Waals surface area contributed by atoms with E-state index >= 15 is 0 Å². The summed E-state index contributed by atoms with van der Waals surface area (Å²) in [5, 5.41) is -1.39. The summed E-state index contributed by atoms with van der Waals surface area (Å²) in [5.74, 6) is 0. The lowest BCUT2D eigenvalue weighted by Crippen LogP contribution is -2.61. The lowest BCUT2D eigenvalue weighted by molar-refractivity contribution is 0.590. The van der Waals surface area contributed by atoms with Gasteiger partial charge in [-0.15, -0.1) is 0 Å². The molecule has 5 heteroatoms. The average molecular weight is 1130 g/mol. The van der Waals surface area contributed by atoms with Gasteiger partial charge >= 0.3 is 0 Å². The molecule has 0 N–H and O–H groups in total. The largest absolute Gasteiger partial charge is 0.310 e. The van der Waals surface area contributed by atoms with Crippen molar-refractivity contribution in [3.63, 3.8) is 0 Å². The summed E-state index contributed by atoms with van der Waals surface area (Å²) < 4.78 is 219. The molecule has 2 aromatic heterocycles. The molecule has 4 heterocycles. The molecule has 0 radical (unpaired) electrons. The van der Waals surface area contributed by atoms with Gasteiger partial charge in [0.1, 0.15) is 0 Å². The topological polar surface area (TPSA) is 16.3 Å². The van der Waals surface area contributed by atoms with Crippen LogP contribution in [0.2, 0.25) is 0 Å². The van der Waals surface area contributed by atoms with E-state index in [1.807, 2.05) is 200 Å². The van der Waals surface area contributed by atoms with Crippen LogP contribution in [0.5, 0.6) is 0 Å². The Balaban J connectivity index is 1.15. The predicted molar refractivity (Wildman–Crippen MR) is 370 cm³/mol. The molecule has 4 nitrogen and oxygen atoms in total. The highest BCUT2D eigenvalue weighted by atomic mass is 15.2. The Bertz CT molecular complexity index is 5910. The third-order valence-corrected chi connectivity index (χ3v) is 16.8. The number of benzene rings is 13. The number of hydrogen-bond acceptors (Lipinski definition) is 2. The quantitative estimate of drug-likeness (QED) is 0.141. The second-order valence-electron chi connectivity index (χ2n) is 22.7. The van der Waals surface area contributed by atoms with Gasteiger partial charge in [0.25, 0.3) is 6.71 Å². The van der Waals surface area contributed by atoms with Crippen LogP contribution in [-0.4, -0.2) is 15.8 Å². The van der Waals surface area contributed by atoms with Gasteiger partial charge in [-0.1, -0.05) is 263 Å². The fourth-order valence-corrected chi connectivity index (χ4v) is 12.9. The fourth-order valence-electron chi connectivity index (χ4n) is 12.9. The molecule has 410 valence electrons. The van der Waals surface area contributed by atoms with E-state index < -0.39 is 179 Å². The SMILES string of the molecule is [2H]c1c([2H])c(-n2c3c([2H])c([2H])c([2H])c([2H])c3c3c([2H])c([2H])c([2H])c([2H])c32)c([2H])c2c1B1c3c(cc(C(C)(C)C)cc3N(c3c(-c4ccccc4)cccc3-c3ccccc3)c3c([2H])c(-n4c5c([2H])c([2H])c([2H])c([2H])c5c5c([2H])c([2H])c([2H])c([2H])c54)c([2H])c([2H])c31)N2c1c(-c2ccccc2)cccc1-c1ccccc1. The normalized spacial score (nSPS) is 16.2. The second kappa shape index (κ2) is 19.9. The van der Waals surface area contributed by atoms with Crippen molar-refractivity contribution in [1.82, 2.24) is 9.13 Å². The predicted octanol–water partition coefficient (Wildman–Crippen LogP) is 19.9. The van der Waals surface area contributed by atoms with Crippen molar-refractivity contribution in [1.29, 1.82) is 0 Å². The van der Waals surface area contributed by atoms with Gasteiger partial charge in [-0.3, -0.25) is 0 Å². The van der Waals surface area contributed by atoms with Gasteiger partial charge in [0.2, 0.25) is 0 Å². The van der Waals surface area contributed by atoms with Crippen molar-refractivity contribution in [3.8, 4) is 55.9 Å². The van der Waals surface area contributed by atoms with Gasteiger partial charge in [0.05, 0.1) is 63.6 Å². The molecule has 0 unspecified atom stereocenters. The van der Waals surface area contributed by atoms with E-state index in [4.69, 9.17) is 5.48 Å². The van der Waals surface area contributed by atoms with Crippen LogP contribution in [0.1, 0.15) is 56.5 Å². The maximum atomic E-state index is 11.5. The molecule has 0 saturated heterocycles. The molecule has 0 bridgehead atoms. The van der Waals surface area contributed by atoms with Gasteiger partial charge in [-0.2, -0.15) is 0 Å². The number of para-hydroxylation sites is 6. The number of fused-ring (bicyclic) bond motifs is 10. The maximum Gasteiger partial charge on any atom is 0.252 e. The first-order valence-corrected chi connectivity index (χ1v) is 28.6. The zero-order valence-corrected chi connectivity index (χ0v) is 47.0. The molecule has 0 atom stereocenters. The van der Waals surface area contributed by atoms with Gasteiger partial charge in [0, 0.05) is 77.9 Å². The fraction of sp³-hybridized carbons (Fsp3) is 0.0488. The monoisotopic (exact) mass is 1130 g/mol. The van der Waals surface area contributed by atoms with Crippen molar-refractivity contribution < 1.29 is 30.2 Å². The van der Waals surface area contributed by atoms with Crippen molar-refractivity contribution in [3.05, 3.63) is 308 Å². The van der Waals surface area contributed by atoms with Crippen LogP contribution in [-0.2, 0) is 5.41 Å². The second-order valence-corrected chi connectivity index (χ2v) is 22.7. The van der Waals surface area contributed by atoms with Crippen molar-refractivity contribution in [2.24, 2.45) is 0 Å². The number of rotatable bonds is 8. The first kappa shape index (κ1) is 33.0. The molecule has 0 amide bonds. The van der Waals surface area contributed by atoms with E-state index in [-0.39, 0.29) is 43.8 Å². The van der Waals surface area contributed by atoms with Crippen LogP contribution >= 0.6 is 0 Å². The molecule has 15 aromatic rings. The smallest absolute Gasteiger partial charge is 0.252 e. The zero-order chi connectivity index (χ0) is 77.1. The van der Waals surface area contributed by atoms with Crippen LogP contribution in [0.25, 0.3) is 99.5 Å². The minimum atomic E-state index is -1.60. The van der Waals surface area contributed by atoms with Gasteiger partial charge < -0.3 is 18.9 Å². The lowest BCUT2D eigenvalue weighted by atomic mass is 9.33. The van der Waals surface area contributed by atoms with Crippen LogP contribution in [0, 0.1) is 0 Å². The van der Waals surface area contributed by atoms with Crippen LogP contribution in [0.4, 0.5) is 34.1 Å². The summed E-state index contributed by atoms with van der Waals surface area (Å²) in [7, 11) is 0. The van der Waals surface area contributed by atoms with Crippen LogP contribution in [0.3, 0.4) is 0 Å². The van der Waals surface area contributed by atoms with E-state index in [2.05, 4.69) is 0 Å². The minimum Gasteiger partial charge on any atom is -0.310 e. The summed E-state index contributed by atoms with van der Waals surface area (Å²) in [6.45, 7) is 4.41. The Morgan fingerprint density at radius 3 is 0.954 bits per heavy atom. The highest BCUT2D eigenvalue weighted by Crippen LogP contribution is 2.54. The molecular formula is C82H59BN4. The lowest BCUT2D eigenvalue weighted by Gasteiger charge is -2.46. The van der Waals surface area contributed by atoms with Gasteiger partial charge in [0.15, 0.2) is 0 Å². The Hall–Kier alpha value is -10.9. The minimum absolute atomic E-state index is 0.150. The summed E-state index contributed by atoms with van der Waals surface area (Å²) in [5.41, 5.74) is 3.19. The molecular weight excluding hydrogens is 1050 g/mol. The summed E-state index contributed by atoms with van der Waals surface area (Å²) in [4.78, 5) is 3.69. The summed E-state index contributed by atoms with van der Waals surface area (Å²) >= 11 is 0. The van der Waals surface area contributed by atoms with Crippen LogP contribution in [0.15, 0.2) is 303 Å². The molecule has 17 rings (SSSR count). The molecule has 0 spiro atoms. The first-order valence-electron chi connectivity index (χ1n) is 39.6. The first-order chi connectivity index (χ1) is 52.0. The maximum absolute atomic E-state index is 11.5. The standard InChI is InChI=1S/C82H59BN4/c1-82(2,3)58-50-77-79-78(51-58)87(81-63(56-30-12-6-13-31-56)40-25-41-64(81)57-32-14-7-15-33-57)76-53-60(85-73-44-22-18-36-67(73)68-37-19-23-45-74(68)85)47-49-70(76)83(79)69-48-46-59(84-71-42-20-16-34-65(71)66-35-17-21-43-72(66)84)52-75(69)86(77)80-61(54-26-8-4-9-27-54)38-24-39-62(80)55-28-10-5-11-29-55/h4-53H,1-3H3/i16D,17D,18D,19D,20D,21D,22D,23D,34D,35D,36D,37D,42D,43D,44D,45D,46D,47D,48D,49D,52D,53D. The highest BCUT2D eigenvalue weighted by Gasteiger charge is 2.46. The molecule has 87 heavy (non-hydrogen) atoms. The average Bonchev–Trinajstić information content (AvgIpc) is 0.970. The Labute approximate surface area is 538 Å². The molecule has 0 fully saturated rings. The molecule has 2 aliphatic rings. The number of hydrogen-bond donors (Lipinski definition) is 0. The summed E-state index contributed by atoms with van der Waals surface area (Å²) in [6, 6.07) is 37.5.